The number of likely N-dealkylation sites (tertiary alicyclic amines) is 1. The van der Waals surface area contributed by atoms with Crippen LogP contribution >= 0.6 is 0 Å². The number of piperidine rings is 1. The molecule has 5 nitrogen and oxygen atoms in total. The Morgan fingerprint density at radius 3 is 2.50 bits per heavy atom. The zero-order chi connectivity index (χ0) is 13.0. The lowest BCUT2D eigenvalue weighted by Crippen LogP contribution is -2.44. The molecule has 98 valence electrons. The molecule has 1 aromatic heterocycles. The lowest BCUT2D eigenvalue weighted by Gasteiger charge is -2.33. The first-order chi connectivity index (χ1) is 8.66. The summed E-state index contributed by atoms with van der Waals surface area (Å²) in [7, 11) is 0. The highest BCUT2D eigenvalue weighted by molar-refractivity contribution is 5.78. The lowest BCUT2D eigenvalue weighted by atomic mass is 10.0. The van der Waals surface area contributed by atoms with Crippen LogP contribution in [0.5, 0.6) is 0 Å². The maximum atomic E-state index is 11.8. The zero-order valence-electron chi connectivity index (χ0n) is 11.0. The number of rotatable bonds is 3. The van der Waals surface area contributed by atoms with E-state index in [0.717, 1.165) is 25.9 Å². The Morgan fingerprint density at radius 2 is 1.94 bits per heavy atom. The molecule has 0 unspecified atom stereocenters. The molecular formula is C13H20N4O. The topological polar surface area (TPSA) is 58.1 Å². The smallest absolute Gasteiger partial charge is 0.225 e. The molecule has 5 heteroatoms. The molecule has 1 fully saturated rings. The van der Waals surface area contributed by atoms with Crippen LogP contribution in [0.15, 0.2) is 18.5 Å². The summed E-state index contributed by atoms with van der Waals surface area (Å²) in [4.78, 5) is 22.1. The van der Waals surface area contributed by atoms with Crippen molar-refractivity contribution in [2.24, 2.45) is 5.92 Å². The molecule has 0 bridgehead atoms. The molecule has 1 aromatic rings. The Kier molecular flexibility index (Phi) is 4.12. The van der Waals surface area contributed by atoms with E-state index < -0.39 is 0 Å². The molecule has 1 amide bonds. The van der Waals surface area contributed by atoms with Gasteiger partial charge in [0.15, 0.2) is 0 Å². The van der Waals surface area contributed by atoms with Gasteiger partial charge in [0.25, 0.3) is 0 Å². The van der Waals surface area contributed by atoms with E-state index in [-0.39, 0.29) is 11.8 Å². The fourth-order valence-electron chi connectivity index (χ4n) is 2.17. The van der Waals surface area contributed by atoms with Crippen LogP contribution in [0.3, 0.4) is 0 Å². The summed E-state index contributed by atoms with van der Waals surface area (Å²) in [6.07, 6.45) is 5.37. The molecule has 0 saturated carbocycles. The van der Waals surface area contributed by atoms with Gasteiger partial charge in [-0.1, -0.05) is 13.8 Å². The first-order valence-corrected chi connectivity index (χ1v) is 6.49. The largest absolute Gasteiger partial charge is 0.351 e. The van der Waals surface area contributed by atoms with Gasteiger partial charge in [0.05, 0.1) is 0 Å². The summed E-state index contributed by atoms with van der Waals surface area (Å²) >= 11 is 0. The van der Waals surface area contributed by atoms with Gasteiger partial charge in [0.1, 0.15) is 0 Å². The minimum Gasteiger partial charge on any atom is -0.351 e. The van der Waals surface area contributed by atoms with Crippen molar-refractivity contribution in [1.29, 1.82) is 0 Å². The van der Waals surface area contributed by atoms with Crippen molar-refractivity contribution < 1.29 is 4.79 Å². The van der Waals surface area contributed by atoms with E-state index in [2.05, 4.69) is 15.3 Å². The van der Waals surface area contributed by atoms with E-state index in [1.807, 2.05) is 18.7 Å². The fraction of sp³-hybridized carbons (Fsp3) is 0.615. The number of carbonyl (C=O) groups is 1. The van der Waals surface area contributed by atoms with Crippen LogP contribution in [0.2, 0.25) is 0 Å². The van der Waals surface area contributed by atoms with Gasteiger partial charge in [-0.15, -0.1) is 0 Å². The fourth-order valence-corrected chi connectivity index (χ4v) is 2.17. The number of hydrogen-bond acceptors (Lipinski definition) is 4. The molecule has 1 N–H and O–H groups in total. The van der Waals surface area contributed by atoms with Crippen molar-refractivity contribution in [3.63, 3.8) is 0 Å². The average Bonchev–Trinajstić information content (AvgIpc) is 2.40. The zero-order valence-corrected chi connectivity index (χ0v) is 11.0. The third-order valence-corrected chi connectivity index (χ3v) is 3.20. The Balaban J connectivity index is 1.82. The highest BCUT2D eigenvalue weighted by Crippen LogP contribution is 2.15. The van der Waals surface area contributed by atoms with Crippen LogP contribution in [0.1, 0.15) is 26.7 Å². The first-order valence-electron chi connectivity index (χ1n) is 6.49. The summed E-state index contributed by atoms with van der Waals surface area (Å²) in [6.45, 7) is 5.54. The van der Waals surface area contributed by atoms with Gasteiger partial charge in [-0.25, -0.2) is 9.97 Å². The van der Waals surface area contributed by atoms with Crippen molar-refractivity contribution in [2.75, 3.05) is 18.4 Å². The van der Waals surface area contributed by atoms with E-state index >= 15 is 0 Å². The van der Waals surface area contributed by atoms with Gasteiger partial charge in [0, 0.05) is 37.4 Å². The molecule has 2 rings (SSSR count). The van der Waals surface area contributed by atoms with E-state index in [0.29, 0.717) is 12.0 Å². The molecular weight excluding hydrogens is 228 g/mol. The lowest BCUT2D eigenvalue weighted by molar-refractivity contribution is -0.135. The average molecular weight is 248 g/mol. The summed E-state index contributed by atoms with van der Waals surface area (Å²) in [6, 6.07) is 2.17. The Morgan fingerprint density at radius 1 is 1.33 bits per heavy atom. The number of hydrogen-bond donors (Lipinski definition) is 1. The van der Waals surface area contributed by atoms with Crippen molar-refractivity contribution in [2.45, 2.75) is 32.7 Å². The number of aromatic nitrogens is 2. The van der Waals surface area contributed by atoms with Crippen LogP contribution in [-0.4, -0.2) is 39.9 Å². The number of anilines is 1. The van der Waals surface area contributed by atoms with Crippen LogP contribution in [0.25, 0.3) is 0 Å². The third-order valence-electron chi connectivity index (χ3n) is 3.20. The standard InChI is InChI=1S/C13H20N4O/c1-10(2)12(18)17-8-4-11(5-9-17)16-13-14-6-3-7-15-13/h3,6-7,10-11H,4-5,8-9H2,1-2H3,(H,14,15,16). The van der Waals surface area contributed by atoms with Crippen LogP contribution in [0, 0.1) is 5.92 Å². The Labute approximate surface area is 108 Å². The molecule has 1 saturated heterocycles. The number of carbonyl (C=O) groups excluding carboxylic acids is 1. The van der Waals surface area contributed by atoms with E-state index in [1.54, 1.807) is 18.5 Å². The maximum absolute atomic E-state index is 11.8. The number of nitrogens with one attached hydrogen (secondary N) is 1. The number of amides is 1. The Bertz CT molecular complexity index is 385. The van der Waals surface area contributed by atoms with Crippen molar-refractivity contribution in [3.8, 4) is 0 Å². The van der Waals surface area contributed by atoms with Gasteiger partial charge in [-0.05, 0) is 18.9 Å². The second-order valence-corrected chi connectivity index (χ2v) is 4.97. The van der Waals surface area contributed by atoms with E-state index in [1.165, 1.54) is 0 Å². The van der Waals surface area contributed by atoms with E-state index in [9.17, 15) is 4.79 Å². The van der Waals surface area contributed by atoms with Gasteiger partial charge >= 0.3 is 0 Å². The highest BCUT2D eigenvalue weighted by atomic mass is 16.2. The molecule has 0 aromatic carbocycles. The summed E-state index contributed by atoms with van der Waals surface area (Å²) in [5, 5.41) is 3.31. The molecule has 2 heterocycles. The SMILES string of the molecule is CC(C)C(=O)N1CCC(Nc2ncccn2)CC1. The minimum atomic E-state index is 0.0898. The maximum Gasteiger partial charge on any atom is 0.225 e. The van der Waals surface area contributed by atoms with Gasteiger partial charge < -0.3 is 10.2 Å². The van der Waals surface area contributed by atoms with Gasteiger partial charge in [-0.2, -0.15) is 0 Å². The second-order valence-electron chi connectivity index (χ2n) is 4.97. The third kappa shape index (κ3) is 3.18. The monoisotopic (exact) mass is 248 g/mol. The molecule has 0 spiro atoms. The predicted molar refractivity (Wildman–Crippen MR) is 70.1 cm³/mol. The molecule has 18 heavy (non-hydrogen) atoms. The molecule has 1 aliphatic heterocycles. The predicted octanol–water partition coefficient (Wildman–Crippen LogP) is 1.54. The minimum absolute atomic E-state index is 0.0898. The van der Waals surface area contributed by atoms with Crippen LogP contribution < -0.4 is 5.32 Å². The normalized spacial score (nSPS) is 16.9. The summed E-state index contributed by atoms with van der Waals surface area (Å²) < 4.78 is 0. The van der Waals surface area contributed by atoms with Crippen molar-refractivity contribution >= 4 is 11.9 Å². The van der Waals surface area contributed by atoms with Crippen molar-refractivity contribution in [3.05, 3.63) is 18.5 Å². The van der Waals surface area contributed by atoms with Crippen LogP contribution in [-0.2, 0) is 4.79 Å². The van der Waals surface area contributed by atoms with Crippen molar-refractivity contribution in [1.82, 2.24) is 14.9 Å². The highest BCUT2D eigenvalue weighted by Gasteiger charge is 2.24. The second kappa shape index (κ2) is 5.80. The van der Waals surface area contributed by atoms with Crippen LogP contribution in [0.4, 0.5) is 5.95 Å². The quantitative estimate of drug-likeness (QED) is 0.881. The first kappa shape index (κ1) is 12.8. The molecule has 0 atom stereocenters. The Hall–Kier alpha value is -1.65. The molecule has 0 aliphatic carbocycles. The molecule has 0 radical (unpaired) electrons. The van der Waals surface area contributed by atoms with E-state index in [4.69, 9.17) is 0 Å². The van der Waals surface area contributed by atoms with Gasteiger partial charge in [-0.3, -0.25) is 4.79 Å². The number of nitrogens with zero attached hydrogens (tertiary/aromatic N) is 3. The summed E-state index contributed by atoms with van der Waals surface area (Å²) in [5.41, 5.74) is 0. The van der Waals surface area contributed by atoms with Gasteiger partial charge in [0.2, 0.25) is 11.9 Å². The summed E-state index contributed by atoms with van der Waals surface area (Å²) in [5.74, 6) is 1.02. The molecule has 1 aliphatic rings.